The average molecular weight is 374 g/mol. The molecule has 1 N–H and O–H groups in total. The summed E-state index contributed by atoms with van der Waals surface area (Å²) >= 11 is 7.55. The Labute approximate surface area is 154 Å². The second-order valence-electron chi connectivity index (χ2n) is 5.57. The van der Waals surface area contributed by atoms with E-state index in [1.165, 1.54) is 11.3 Å². The van der Waals surface area contributed by atoms with Gasteiger partial charge in [-0.25, -0.2) is 0 Å². The second-order valence-corrected chi connectivity index (χ2v) is 7.00. The van der Waals surface area contributed by atoms with Gasteiger partial charge in [0.25, 0.3) is 5.91 Å². The van der Waals surface area contributed by atoms with Gasteiger partial charge in [0.2, 0.25) is 0 Å². The Kier molecular flexibility index (Phi) is 5.36. The van der Waals surface area contributed by atoms with E-state index >= 15 is 0 Å². The van der Waals surface area contributed by atoms with Gasteiger partial charge in [0, 0.05) is 10.1 Å². The zero-order valence-electron chi connectivity index (χ0n) is 13.5. The molecule has 1 amide bonds. The third-order valence-corrected chi connectivity index (χ3v) is 5.33. The van der Waals surface area contributed by atoms with E-state index in [4.69, 9.17) is 16.3 Å². The summed E-state index contributed by atoms with van der Waals surface area (Å²) in [6.07, 6.45) is 0. The van der Waals surface area contributed by atoms with Gasteiger partial charge >= 0.3 is 5.97 Å². The lowest BCUT2D eigenvalue weighted by atomic mass is 10.2. The van der Waals surface area contributed by atoms with Gasteiger partial charge in [-0.2, -0.15) is 0 Å². The molecule has 0 radical (unpaired) electrons. The van der Waals surface area contributed by atoms with Crippen molar-refractivity contribution >= 4 is 44.9 Å². The normalized spacial score (nSPS) is 10.6. The Morgan fingerprint density at radius 3 is 2.56 bits per heavy atom. The molecule has 3 aromatic rings. The summed E-state index contributed by atoms with van der Waals surface area (Å²) in [5.74, 6) is -0.871. The molecule has 0 spiro atoms. The third-order valence-electron chi connectivity index (χ3n) is 3.65. The molecule has 3 rings (SSSR count). The number of rotatable bonds is 5. The molecule has 25 heavy (non-hydrogen) atoms. The molecule has 0 aliphatic heterocycles. The van der Waals surface area contributed by atoms with Gasteiger partial charge in [-0.3, -0.25) is 9.59 Å². The number of amides is 1. The fraction of sp³-hybridized carbons (Fsp3) is 0.158. The molecule has 0 aliphatic rings. The lowest BCUT2D eigenvalue weighted by Crippen LogP contribution is -2.30. The SMILES string of the molecule is Cc1ccc(COC(=O)CNC(=O)c2sc3ccccc3c2Cl)cc1. The van der Waals surface area contributed by atoms with E-state index in [9.17, 15) is 9.59 Å². The van der Waals surface area contributed by atoms with Crippen LogP contribution in [0.3, 0.4) is 0 Å². The highest BCUT2D eigenvalue weighted by atomic mass is 35.5. The molecule has 4 nitrogen and oxygen atoms in total. The van der Waals surface area contributed by atoms with Crippen molar-refractivity contribution in [2.45, 2.75) is 13.5 Å². The number of hydrogen-bond donors (Lipinski definition) is 1. The van der Waals surface area contributed by atoms with Crippen LogP contribution in [-0.2, 0) is 16.1 Å². The maximum Gasteiger partial charge on any atom is 0.325 e. The highest BCUT2D eigenvalue weighted by molar-refractivity contribution is 7.21. The number of carbonyl (C=O) groups excluding carboxylic acids is 2. The molecular weight excluding hydrogens is 358 g/mol. The number of nitrogens with one attached hydrogen (secondary N) is 1. The van der Waals surface area contributed by atoms with Gasteiger partial charge in [0.1, 0.15) is 18.0 Å². The van der Waals surface area contributed by atoms with Crippen molar-refractivity contribution in [3.8, 4) is 0 Å². The molecular formula is C19H16ClNO3S. The van der Waals surface area contributed by atoms with E-state index in [-0.39, 0.29) is 19.1 Å². The first-order chi connectivity index (χ1) is 12.0. The van der Waals surface area contributed by atoms with Crippen molar-refractivity contribution in [1.29, 1.82) is 0 Å². The van der Waals surface area contributed by atoms with Crippen molar-refractivity contribution in [3.63, 3.8) is 0 Å². The monoisotopic (exact) mass is 373 g/mol. The zero-order valence-corrected chi connectivity index (χ0v) is 15.1. The maximum atomic E-state index is 12.3. The molecule has 0 atom stereocenters. The molecule has 0 aliphatic carbocycles. The number of ether oxygens (including phenoxy) is 1. The van der Waals surface area contributed by atoms with Gasteiger partial charge in [0.05, 0.1) is 5.02 Å². The summed E-state index contributed by atoms with van der Waals surface area (Å²) in [5.41, 5.74) is 2.04. The minimum absolute atomic E-state index is 0.179. The summed E-state index contributed by atoms with van der Waals surface area (Å²) in [4.78, 5) is 24.5. The van der Waals surface area contributed by atoms with Gasteiger partial charge in [-0.1, -0.05) is 59.6 Å². The number of carbonyl (C=O) groups is 2. The Balaban J connectivity index is 1.55. The third kappa shape index (κ3) is 4.18. The molecule has 2 aromatic carbocycles. The first-order valence-corrected chi connectivity index (χ1v) is 8.90. The minimum atomic E-state index is -0.494. The number of aryl methyl sites for hydroxylation is 1. The molecule has 0 bridgehead atoms. The van der Waals surface area contributed by atoms with Crippen molar-refractivity contribution in [3.05, 3.63) is 69.6 Å². The van der Waals surface area contributed by atoms with Gasteiger partial charge in [-0.15, -0.1) is 11.3 Å². The number of hydrogen-bond acceptors (Lipinski definition) is 4. The zero-order chi connectivity index (χ0) is 17.8. The average Bonchev–Trinajstić information content (AvgIpc) is 2.96. The molecule has 6 heteroatoms. The molecule has 0 saturated carbocycles. The van der Waals surface area contributed by atoms with Crippen molar-refractivity contribution in [1.82, 2.24) is 5.32 Å². The first-order valence-electron chi connectivity index (χ1n) is 7.71. The Bertz CT molecular complexity index is 918. The molecule has 1 heterocycles. The van der Waals surface area contributed by atoms with Gasteiger partial charge in [0.15, 0.2) is 0 Å². The fourth-order valence-electron chi connectivity index (χ4n) is 2.29. The Morgan fingerprint density at radius 1 is 1.12 bits per heavy atom. The summed E-state index contributed by atoms with van der Waals surface area (Å²) in [7, 11) is 0. The lowest BCUT2D eigenvalue weighted by molar-refractivity contribution is -0.143. The Hall–Kier alpha value is -2.37. The summed E-state index contributed by atoms with van der Waals surface area (Å²) in [5, 5.41) is 3.80. The largest absolute Gasteiger partial charge is 0.460 e. The molecule has 1 aromatic heterocycles. The summed E-state index contributed by atoms with van der Waals surface area (Å²) in [6, 6.07) is 15.2. The van der Waals surface area contributed by atoms with E-state index < -0.39 is 5.97 Å². The number of esters is 1. The Morgan fingerprint density at radius 2 is 1.84 bits per heavy atom. The predicted octanol–water partition coefficient (Wildman–Crippen LogP) is 4.34. The highest BCUT2D eigenvalue weighted by Crippen LogP contribution is 2.34. The summed E-state index contributed by atoms with van der Waals surface area (Å²) in [6.45, 7) is 1.97. The van der Waals surface area contributed by atoms with Crippen LogP contribution in [0.1, 0.15) is 20.8 Å². The van der Waals surface area contributed by atoms with Crippen LogP contribution in [0.2, 0.25) is 5.02 Å². The highest BCUT2D eigenvalue weighted by Gasteiger charge is 2.17. The molecule has 0 unspecified atom stereocenters. The minimum Gasteiger partial charge on any atom is -0.460 e. The van der Waals surface area contributed by atoms with Gasteiger partial charge in [-0.05, 0) is 18.6 Å². The van der Waals surface area contributed by atoms with Gasteiger partial charge < -0.3 is 10.1 Å². The molecule has 0 fully saturated rings. The standard InChI is InChI=1S/C19H16ClNO3S/c1-12-6-8-13(9-7-12)11-24-16(22)10-21-19(23)18-17(20)14-4-2-3-5-15(14)25-18/h2-9H,10-11H2,1H3,(H,21,23). The summed E-state index contributed by atoms with van der Waals surface area (Å²) < 4.78 is 6.09. The first kappa shape index (κ1) is 17.5. The van der Waals surface area contributed by atoms with Crippen LogP contribution >= 0.6 is 22.9 Å². The van der Waals surface area contributed by atoms with E-state index in [0.717, 1.165) is 21.2 Å². The molecule has 128 valence electrons. The van der Waals surface area contributed by atoms with Crippen molar-refractivity contribution < 1.29 is 14.3 Å². The van der Waals surface area contributed by atoms with Crippen LogP contribution in [0.15, 0.2) is 48.5 Å². The van der Waals surface area contributed by atoms with Crippen LogP contribution in [0.5, 0.6) is 0 Å². The number of halogens is 1. The van der Waals surface area contributed by atoms with Crippen LogP contribution < -0.4 is 5.32 Å². The van der Waals surface area contributed by atoms with Crippen molar-refractivity contribution in [2.24, 2.45) is 0 Å². The predicted molar refractivity (Wildman–Crippen MR) is 100 cm³/mol. The van der Waals surface area contributed by atoms with E-state index in [2.05, 4.69) is 5.32 Å². The smallest absolute Gasteiger partial charge is 0.325 e. The number of thiophene rings is 1. The lowest BCUT2D eigenvalue weighted by Gasteiger charge is -2.06. The van der Waals surface area contributed by atoms with Crippen molar-refractivity contribution in [2.75, 3.05) is 6.54 Å². The van der Waals surface area contributed by atoms with E-state index in [0.29, 0.717) is 9.90 Å². The number of fused-ring (bicyclic) bond motifs is 1. The van der Waals surface area contributed by atoms with Crippen LogP contribution in [0.25, 0.3) is 10.1 Å². The topological polar surface area (TPSA) is 55.4 Å². The second kappa shape index (κ2) is 7.68. The van der Waals surface area contributed by atoms with E-state index in [1.54, 1.807) is 0 Å². The van der Waals surface area contributed by atoms with Crippen LogP contribution in [0, 0.1) is 6.92 Å². The van der Waals surface area contributed by atoms with Crippen LogP contribution in [0.4, 0.5) is 0 Å². The van der Waals surface area contributed by atoms with Crippen LogP contribution in [-0.4, -0.2) is 18.4 Å². The fourth-order valence-corrected chi connectivity index (χ4v) is 3.73. The maximum absolute atomic E-state index is 12.3. The quantitative estimate of drug-likeness (QED) is 0.677. The van der Waals surface area contributed by atoms with E-state index in [1.807, 2.05) is 55.5 Å². The molecule has 0 saturated heterocycles. The number of benzene rings is 2.